The molecule has 0 saturated heterocycles. The van der Waals surface area contributed by atoms with Crippen molar-refractivity contribution in [2.45, 2.75) is 19.9 Å². The van der Waals surface area contributed by atoms with Crippen LogP contribution in [0.2, 0.25) is 0 Å². The summed E-state index contributed by atoms with van der Waals surface area (Å²) in [4.78, 5) is 43.5. The molecule has 0 radical (unpaired) electrons. The van der Waals surface area contributed by atoms with Crippen LogP contribution in [-0.2, 0) is 16.1 Å². The molecule has 0 fully saturated rings. The third-order valence-corrected chi connectivity index (χ3v) is 4.79. The topological polar surface area (TPSA) is 103 Å². The Morgan fingerprint density at radius 1 is 1.17 bits per heavy atom. The lowest BCUT2D eigenvalue weighted by atomic mass is 10.2. The molecule has 1 N–H and O–H groups in total. The minimum atomic E-state index is -0.515. The minimum Gasteiger partial charge on any atom is -0.454 e. The highest BCUT2D eigenvalue weighted by Gasteiger charge is 2.20. The van der Waals surface area contributed by atoms with Gasteiger partial charge in [-0.2, -0.15) is 0 Å². The van der Waals surface area contributed by atoms with E-state index in [1.54, 1.807) is 49.4 Å². The monoisotopic (exact) mass is 408 g/mol. The van der Waals surface area contributed by atoms with Gasteiger partial charge in [0.1, 0.15) is 6.54 Å². The average molecular weight is 408 g/mol. The van der Waals surface area contributed by atoms with Gasteiger partial charge in [0.2, 0.25) is 24.4 Å². The van der Waals surface area contributed by atoms with Crippen LogP contribution in [0.15, 0.2) is 47.3 Å². The number of para-hydroxylation sites is 2. The van der Waals surface area contributed by atoms with Crippen molar-refractivity contribution >= 4 is 34.4 Å². The second kappa shape index (κ2) is 7.86. The second-order valence-corrected chi connectivity index (χ2v) is 6.74. The number of amides is 2. The molecule has 1 aliphatic heterocycles. The van der Waals surface area contributed by atoms with E-state index in [1.165, 1.54) is 16.5 Å². The van der Waals surface area contributed by atoms with E-state index in [9.17, 15) is 14.4 Å². The van der Waals surface area contributed by atoms with Crippen LogP contribution in [0.3, 0.4) is 0 Å². The molecule has 2 aromatic carbocycles. The van der Waals surface area contributed by atoms with E-state index in [-0.39, 0.29) is 31.5 Å². The summed E-state index contributed by atoms with van der Waals surface area (Å²) in [7, 11) is 1.50. The molecule has 0 atom stereocenters. The Morgan fingerprint density at radius 2 is 1.93 bits per heavy atom. The molecule has 2 amide bonds. The molecule has 0 saturated carbocycles. The largest absolute Gasteiger partial charge is 0.454 e. The van der Waals surface area contributed by atoms with Crippen molar-refractivity contribution in [3.05, 3.63) is 52.8 Å². The summed E-state index contributed by atoms with van der Waals surface area (Å²) >= 11 is 0. The van der Waals surface area contributed by atoms with Gasteiger partial charge in [-0.15, -0.1) is 0 Å². The molecule has 9 nitrogen and oxygen atoms in total. The highest BCUT2D eigenvalue weighted by molar-refractivity contribution is 5.94. The molecule has 30 heavy (non-hydrogen) atoms. The highest BCUT2D eigenvalue weighted by atomic mass is 16.7. The number of hydrogen-bond donors (Lipinski definition) is 1. The fraction of sp³-hybridized carbons (Fsp3) is 0.238. The van der Waals surface area contributed by atoms with Gasteiger partial charge in [0.15, 0.2) is 11.5 Å². The van der Waals surface area contributed by atoms with E-state index in [4.69, 9.17) is 9.47 Å². The van der Waals surface area contributed by atoms with Gasteiger partial charge in [-0.25, -0.2) is 4.98 Å². The molecule has 1 aliphatic rings. The molecule has 0 spiro atoms. The maximum atomic E-state index is 13.1. The van der Waals surface area contributed by atoms with E-state index in [0.717, 1.165) is 0 Å². The Labute approximate surface area is 171 Å². The first-order valence-corrected chi connectivity index (χ1v) is 9.43. The maximum absolute atomic E-state index is 13.1. The smallest absolute Gasteiger partial charge is 0.294 e. The molecule has 0 bridgehead atoms. The standard InChI is InChI=1S/C21H20N4O5/c1-3-19(27)24(2)20-21(28)25(15-7-5-4-6-14(15)23-20)11-18(26)22-13-8-9-16-17(10-13)30-12-29-16/h4-10H,3,11-12H2,1-2H3,(H,22,26). The molecular weight excluding hydrogens is 388 g/mol. The number of ether oxygens (including phenoxy) is 2. The normalized spacial score (nSPS) is 12.1. The van der Waals surface area contributed by atoms with Gasteiger partial charge in [-0.1, -0.05) is 19.1 Å². The second-order valence-electron chi connectivity index (χ2n) is 6.74. The van der Waals surface area contributed by atoms with Gasteiger partial charge in [0.05, 0.1) is 11.0 Å². The van der Waals surface area contributed by atoms with E-state index >= 15 is 0 Å². The highest BCUT2D eigenvalue weighted by Crippen LogP contribution is 2.34. The van der Waals surface area contributed by atoms with Crippen LogP contribution in [0.5, 0.6) is 11.5 Å². The van der Waals surface area contributed by atoms with Crippen LogP contribution in [0.25, 0.3) is 11.0 Å². The van der Waals surface area contributed by atoms with Gasteiger partial charge in [-0.3, -0.25) is 23.9 Å². The Bertz CT molecular complexity index is 1200. The van der Waals surface area contributed by atoms with Crippen LogP contribution < -0.4 is 25.2 Å². The van der Waals surface area contributed by atoms with E-state index in [0.29, 0.717) is 28.2 Å². The first kappa shape index (κ1) is 19.4. The summed E-state index contributed by atoms with van der Waals surface area (Å²) in [6.07, 6.45) is 0.231. The summed E-state index contributed by atoms with van der Waals surface area (Å²) in [5.41, 5.74) is 1.02. The van der Waals surface area contributed by atoms with Crippen molar-refractivity contribution in [2.75, 3.05) is 24.1 Å². The van der Waals surface area contributed by atoms with Crippen LogP contribution in [0.1, 0.15) is 13.3 Å². The molecule has 3 aromatic rings. The molecule has 154 valence electrons. The minimum absolute atomic E-state index is 0.0172. The van der Waals surface area contributed by atoms with Crippen LogP contribution >= 0.6 is 0 Å². The van der Waals surface area contributed by atoms with Crippen molar-refractivity contribution in [1.29, 1.82) is 0 Å². The first-order valence-electron chi connectivity index (χ1n) is 9.43. The number of hydrogen-bond acceptors (Lipinski definition) is 6. The molecule has 0 aliphatic carbocycles. The quantitative estimate of drug-likeness (QED) is 0.694. The number of anilines is 2. The molecule has 2 heterocycles. The summed E-state index contributed by atoms with van der Waals surface area (Å²) in [6, 6.07) is 12.0. The zero-order chi connectivity index (χ0) is 21.3. The lowest BCUT2D eigenvalue weighted by Crippen LogP contribution is -2.36. The van der Waals surface area contributed by atoms with Crippen molar-refractivity contribution in [1.82, 2.24) is 9.55 Å². The predicted molar refractivity (Wildman–Crippen MR) is 111 cm³/mol. The van der Waals surface area contributed by atoms with Gasteiger partial charge < -0.3 is 14.8 Å². The van der Waals surface area contributed by atoms with Crippen molar-refractivity contribution in [3.63, 3.8) is 0 Å². The average Bonchev–Trinajstić information content (AvgIpc) is 3.22. The third-order valence-electron chi connectivity index (χ3n) is 4.79. The van der Waals surface area contributed by atoms with Crippen molar-refractivity contribution < 1.29 is 19.1 Å². The lowest BCUT2D eigenvalue weighted by Gasteiger charge is -2.18. The van der Waals surface area contributed by atoms with E-state index in [2.05, 4.69) is 10.3 Å². The predicted octanol–water partition coefficient (Wildman–Crippen LogP) is 2.14. The summed E-state index contributed by atoms with van der Waals surface area (Å²) in [5.74, 6) is 0.490. The SMILES string of the molecule is CCC(=O)N(C)c1nc2ccccc2n(CC(=O)Nc2ccc3c(c2)OCO3)c1=O. The number of carbonyl (C=O) groups is 2. The van der Waals surface area contributed by atoms with Crippen LogP contribution in [0, 0.1) is 0 Å². The first-order chi connectivity index (χ1) is 14.5. The zero-order valence-electron chi connectivity index (χ0n) is 16.5. The lowest BCUT2D eigenvalue weighted by molar-refractivity contribution is -0.118. The Kier molecular flexibility index (Phi) is 5.09. The molecular formula is C21H20N4O5. The number of benzene rings is 2. The molecule has 1 aromatic heterocycles. The van der Waals surface area contributed by atoms with Gasteiger partial charge in [0.25, 0.3) is 5.56 Å². The Morgan fingerprint density at radius 3 is 2.73 bits per heavy atom. The molecule has 4 rings (SSSR count). The van der Waals surface area contributed by atoms with Crippen molar-refractivity contribution in [2.24, 2.45) is 0 Å². The van der Waals surface area contributed by atoms with Crippen molar-refractivity contribution in [3.8, 4) is 11.5 Å². The van der Waals surface area contributed by atoms with Crippen LogP contribution in [-0.4, -0.2) is 35.2 Å². The number of aromatic nitrogens is 2. The molecule has 0 unspecified atom stereocenters. The van der Waals surface area contributed by atoms with Gasteiger partial charge >= 0.3 is 0 Å². The number of rotatable bonds is 5. The number of carbonyl (C=O) groups excluding carboxylic acids is 2. The summed E-state index contributed by atoms with van der Waals surface area (Å²) in [6.45, 7) is 1.60. The Hall–Kier alpha value is -3.88. The van der Waals surface area contributed by atoms with Gasteiger partial charge in [-0.05, 0) is 24.3 Å². The Balaban J connectivity index is 1.67. The summed E-state index contributed by atoms with van der Waals surface area (Å²) < 4.78 is 11.9. The zero-order valence-corrected chi connectivity index (χ0v) is 16.5. The van der Waals surface area contributed by atoms with E-state index < -0.39 is 11.5 Å². The van der Waals surface area contributed by atoms with Gasteiger partial charge in [0, 0.05) is 25.2 Å². The van der Waals surface area contributed by atoms with Crippen LogP contribution in [0.4, 0.5) is 11.5 Å². The maximum Gasteiger partial charge on any atom is 0.294 e. The fourth-order valence-electron chi connectivity index (χ4n) is 3.23. The fourth-order valence-corrected chi connectivity index (χ4v) is 3.23. The van der Waals surface area contributed by atoms with E-state index in [1.807, 2.05) is 0 Å². The number of nitrogens with one attached hydrogen (secondary N) is 1. The number of nitrogens with zero attached hydrogens (tertiary/aromatic N) is 3. The summed E-state index contributed by atoms with van der Waals surface area (Å²) in [5, 5.41) is 2.76. The molecule has 9 heteroatoms. The third kappa shape index (κ3) is 3.57. The number of fused-ring (bicyclic) bond motifs is 2.